The first-order chi connectivity index (χ1) is 12.8. The Morgan fingerprint density at radius 1 is 1.19 bits per heavy atom. The predicted octanol–water partition coefficient (Wildman–Crippen LogP) is 3.63. The first-order valence-corrected chi connectivity index (χ1v) is 9.71. The van der Waals surface area contributed by atoms with Gasteiger partial charge in [-0.3, -0.25) is 4.79 Å². The van der Waals surface area contributed by atoms with Crippen LogP contribution in [0.25, 0.3) is 10.9 Å². The summed E-state index contributed by atoms with van der Waals surface area (Å²) in [5, 5.41) is 4.20. The average Bonchev–Trinajstić information content (AvgIpc) is 3.02. The highest BCUT2D eigenvalue weighted by Crippen LogP contribution is 2.24. The van der Waals surface area contributed by atoms with Crippen LogP contribution in [-0.4, -0.2) is 53.5 Å². The molecule has 2 heterocycles. The van der Waals surface area contributed by atoms with E-state index in [1.165, 1.54) is 5.52 Å². The Morgan fingerprint density at radius 3 is 2.52 bits per heavy atom. The van der Waals surface area contributed by atoms with E-state index in [-0.39, 0.29) is 17.9 Å². The molecule has 0 atom stereocenters. The Balaban J connectivity index is 1.60. The van der Waals surface area contributed by atoms with Crippen LogP contribution >= 0.6 is 0 Å². The summed E-state index contributed by atoms with van der Waals surface area (Å²) in [5.74, 6) is 0.593. The smallest absolute Gasteiger partial charge is 0.319 e. The second kappa shape index (κ2) is 8.03. The number of piperidine rings is 1. The van der Waals surface area contributed by atoms with Gasteiger partial charge < -0.3 is 19.7 Å². The molecule has 0 saturated carbocycles. The molecule has 27 heavy (non-hydrogen) atoms. The van der Waals surface area contributed by atoms with Crippen molar-refractivity contribution in [2.45, 2.75) is 33.2 Å². The Bertz CT molecular complexity index is 817. The van der Waals surface area contributed by atoms with Gasteiger partial charge in [0.05, 0.1) is 0 Å². The van der Waals surface area contributed by atoms with E-state index in [0.717, 1.165) is 17.6 Å². The summed E-state index contributed by atoms with van der Waals surface area (Å²) in [7, 11) is 3.51. The monoisotopic (exact) mass is 370 g/mol. The third kappa shape index (κ3) is 4.43. The molecule has 1 aromatic carbocycles. The van der Waals surface area contributed by atoms with Crippen LogP contribution in [0.15, 0.2) is 30.5 Å². The largest absolute Gasteiger partial charge is 0.347 e. The number of anilines is 1. The summed E-state index contributed by atoms with van der Waals surface area (Å²) in [6.07, 6.45) is 3.52. The van der Waals surface area contributed by atoms with Crippen molar-refractivity contribution in [3.8, 4) is 0 Å². The molecule has 1 aliphatic rings. The number of carbonyl (C=O) groups is 2. The summed E-state index contributed by atoms with van der Waals surface area (Å²) >= 11 is 0. The molecule has 3 rings (SSSR count). The maximum Gasteiger partial charge on any atom is 0.319 e. The van der Waals surface area contributed by atoms with Crippen molar-refractivity contribution in [1.29, 1.82) is 0 Å². The number of hydrogen-bond donors (Lipinski definition) is 1. The van der Waals surface area contributed by atoms with Crippen molar-refractivity contribution in [3.63, 3.8) is 0 Å². The molecule has 1 saturated heterocycles. The second-order valence-corrected chi connectivity index (χ2v) is 8.06. The van der Waals surface area contributed by atoms with Crippen LogP contribution in [0.2, 0.25) is 0 Å². The number of carbonyl (C=O) groups excluding carboxylic acids is 2. The number of nitrogens with one attached hydrogen (secondary N) is 1. The van der Waals surface area contributed by atoms with Crippen molar-refractivity contribution in [2.24, 2.45) is 11.8 Å². The normalized spacial score (nSPS) is 15.4. The number of likely N-dealkylation sites (tertiary alicyclic amines) is 1. The third-order valence-electron chi connectivity index (χ3n) is 5.12. The van der Waals surface area contributed by atoms with Crippen molar-refractivity contribution in [3.05, 3.63) is 30.5 Å². The molecule has 2 aromatic rings. The minimum atomic E-state index is -0.0440. The molecular weight excluding hydrogens is 340 g/mol. The van der Waals surface area contributed by atoms with E-state index < -0.39 is 0 Å². The molecule has 0 aliphatic carbocycles. The fourth-order valence-corrected chi connectivity index (χ4v) is 3.69. The quantitative estimate of drug-likeness (QED) is 0.893. The molecule has 6 nitrogen and oxygen atoms in total. The average molecular weight is 370 g/mol. The number of urea groups is 1. The van der Waals surface area contributed by atoms with Crippen LogP contribution in [0.4, 0.5) is 10.5 Å². The van der Waals surface area contributed by atoms with Gasteiger partial charge in [-0.15, -0.1) is 0 Å². The summed E-state index contributed by atoms with van der Waals surface area (Å²) in [6.45, 7) is 6.66. The molecular formula is C21H30N4O2. The highest BCUT2D eigenvalue weighted by atomic mass is 16.2. The Hall–Kier alpha value is -2.50. The number of fused-ring (bicyclic) bond motifs is 1. The van der Waals surface area contributed by atoms with Crippen LogP contribution in [0.3, 0.4) is 0 Å². The topological polar surface area (TPSA) is 57.6 Å². The van der Waals surface area contributed by atoms with E-state index in [1.54, 1.807) is 19.0 Å². The lowest BCUT2D eigenvalue weighted by Gasteiger charge is -2.33. The number of benzene rings is 1. The van der Waals surface area contributed by atoms with E-state index in [1.807, 2.05) is 17.0 Å². The molecule has 0 bridgehead atoms. The number of aromatic nitrogens is 1. The van der Waals surface area contributed by atoms with Gasteiger partial charge in [-0.2, -0.15) is 0 Å². The molecule has 1 aliphatic heterocycles. The summed E-state index contributed by atoms with van der Waals surface area (Å²) in [4.78, 5) is 28.0. The first-order valence-electron chi connectivity index (χ1n) is 9.71. The number of nitrogens with zero attached hydrogens (tertiary/aromatic N) is 3. The van der Waals surface area contributed by atoms with Gasteiger partial charge in [-0.05, 0) is 43.0 Å². The predicted molar refractivity (Wildman–Crippen MR) is 109 cm³/mol. The van der Waals surface area contributed by atoms with E-state index >= 15 is 0 Å². The Labute approximate surface area is 161 Å². The lowest BCUT2D eigenvalue weighted by atomic mass is 9.96. The van der Waals surface area contributed by atoms with Gasteiger partial charge in [0.25, 0.3) is 0 Å². The minimum Gasteiger partial charge on any atom is -0.347 e. The lowest BCUT2D eigenvalue weighted by molar-refractivity contribution is -0.121. The van der Waals surface area contributed by atoms with E-state index in [9.17, 15) is 9.59 Å². The maximum atomic E-state index is 12.6. The number of rotatable bonds is 4. The zero-order chi connectivity index (χ0) is 19.6. The van der Waals surface area contributed by atoms with Gasteiger partial charge in [0.1, 0.15) is 0 Å². The zero-order valence-electron chi connectivity index (χ0n) is 16.7. The highest BCUT2D eigenvalue weighted by Gasteiger charge is 2.28. The number of amides is 3. The van der Waals surface area contributed by atoms with Crippen molar-refractivity contribution < 1.29 is 9.59 Å². The van der Waals surface area contributed by atoms with Crippen LogP contribution in [0.5, 0.6) is 0 Å². The fraction of sp³-hybridized carbons (Fsp3) is 0.524. The fourth-order valence-electron chi connectivity index (χ4n) is 3.69. The van der Waals surface area contributed by atoms with Gasteiger partial charge >= 0.3 is 6.03 Å². The van der Waals surface area contributed by atoms with Crippen molar-refractivity contribution in [2.75, 3.05) is 32.5 Å². The molecule has 1 aromatic heterocycles. The van der Waals surface area contributed by atoms with Gasteiger partial charge in [0.15, 0.2) is 0 Å². The van der Waals surface area contributed by atoms with Crippen molar-refractivity contribution >= 4 is 28.5 Å². The molecule has 1 fully saturated rings. The van der Waals surface area contributed by atoms with Gasteiger partial charge in [-0.1, -0.05) is 13.8 Å². The third-order valence-corrected chi connectivity index (χ3v) is 5.12. The molecule has 6 heteroatoms. The van der Waals surface area contributed by atoms with Crippen LogP contribution < -0.4 is 5.32 Å². The van der Waals surface area contributed by atoms with Crippen molar-refractivity contribution in [1.82, 2.24) is 14.4 Å². The molecule has 146 valence electrons. The molecule has 0 unspecified atom stereocenters. The summed E-state index contributed by atoms with van der Waals surface area (Å²) in [6, 6.07) is 8.20. The van der Waals surface area contributed by atoms with Crippen LogP contribution in [0.1, 0.15) is 26.7 Å². The highest BCUT2D eigenvalue weighted by molar-refractivity contribution is 5.95. The SMILES string of the molecule is CC(C)Cn1ccc2cc(NC(=O)C3CCN(C(=O)N(C)C)CC3)ccc21. The first kappa shape index (κ1) is 19.3. The van der Waals surface area contributed by atoms with Gasteiger partial charge in [-0.25, -0.2) is 4.79 Å². The Morgan fingerprint density at radius 2 is 1.89 bits per heavy atom. The van der Waals surface area contributed by atoms with Gasteiger partial charge in [0, 0.05) is 62.4 Å². The summed E-state index contributed by atoms with van der Waals surface area (Å²) < 4.78 is 2.25. The second-order valence-electron chi connectivity index (χ2n) is 8.06. The molecule has 0 radical (unpaired) electrons. The van der Waals surface area contributed by atoms with E-state index in [0.29, 0.717) is 31.8 Å². The maximum absolute atomic E-state index is 12.6. The molecule has 3 amide bonds. The standard InChI is InChI=1S/C21H30N4O2/c1-15(2)14-25-12-9-17-13-18(5-6-19(17)25)22-20(26)16-7-10-24(11-8-16)21(27)23(3)4/h5-6,9,12-13,15-16H,7-8,10-11,14H2,1-4H3,(H,22,26). The lowest BCUT2D eigenvalue weighted by Crippen LogP contribution is -2.45. The van der Waals surface area contributed by atoms with E-state index in [2.05, 4.69) is 42.1 Å². The molecule has 0 spiro atoms. The van der Waals surface area contributed by atoms with Crippen LogP contribution in [0, 0.1) is 11.8 Å². The minimum absolute atomic E-state index is 0.0187. The molecule has 1 N–H and O–H groups in total. The summed E-state index contributed by atoms with van der Waals surface area (Å²) in [5.41, 5.74) is 2.03. The van der Waals surface area contributed by atoms with Gasteiger partial charge in [0.2, 0.25) is 5.91 Å². The zero-order valence-corrected chi connectivity index (χ0v) is 16.7. The number of hydrogen-bond acceptors (Lipinski definition) is 2. The van der Waals surface area contributed by atoms with Crippen LogP contribution in [-0.2, 0) is 11.3 Å². The van der Waals surface area contributed by atoms with E-state index in [4.69, 9.17) is 0 Å². The Kier molecular flexibility index (Phi) is 5.73.